The number of rotatable bonds is 8. The van der Waals surface area contributed by atoms with Crippen LogP contribution in [0.1, 0.15) is 52.1 Å². The van der Waals surface area contributed by atoms with Crippen LogP contribution >= 0.6 is 0 Å². The first kappa shape index (κ1) is 16.2. The average Bonchev–Trinajstić information content (AvgIpc) is 2.78. The van der Waals surface area contributed by atoms with Gasteiger partial charge < -0.3 is 10.2 Å². The molecule has 1 heterocycles. The predicted molar refractivity (Wildman–Crippen MR) is 81.3 cm³/mol. The number of nitrogens with one attached hydrogen (secondary N) is 1. The molecule has 0 radical (unpaired) electrons. The van der Waals surface area contributed by atoms with E-state index in [4.69, 9.17) is 0 Å². The number of nitrogens with zero attached hydrogens (tertiary/aromatic N) is 3. The molecule has 1 atom stereocenters. The van der Waals surface area contributed by atoms with Crippen molar-refractivity contribution < 1.29 is 0 Å². The van der Waals surface area contributed by atoms with Crippen LogP contribution in [0.2, 0.25) is 0 Å². The van der Waals surface area contributed by atoms with E-state index in [1.165, 1.54) is 5.56 Å². The molecule has 4 nitrogen and oxygen atoms in total. The lowest BCUT2D eigenvalue weighted by molar-refractivity contribution is 0.138. The molecular weight excluding hydrogens is 236 g/mol. The van der Waals surface area contributed by atoms with Gasteiger partial charge in [0, 0.05) is 23.8 Å². The molecule has 0 aliphatic heterocycles. The Bertz CT molecular complexity index is 368. The second-order valence-corrected chi connectivity index (χ2v) is 5.97. The highest BCUT2D eigenvalue weighted by Crippen LogP contribution is 2.29. The van der Waals surface area contributed by atoms with Gasteiger partial charge in [-0.3, -0.25) is 4.68 Å². The van der Waals surface area contributed by atoms with Crippen LogP contribution in [0, 0.1) is 0 Å². The number of hydrogen-bond donors (Lipinski definition) is 1. The van der Waals surface area contributed by atoms with Crippen molar-refractivity contribution >= 4 is 0 Å². The van der Waals surface area contributed by atoms with Gasteiger partial charge in [-0.1, -0.05) is 13.8 Å². The topological polar surface area (TPSA) is 33.1 Å². The van der Waals surface area contributed by atoms with Crippen LogP contribution in [-0.4, -0.2) is 40.9 Å². The SMILES string of the molecule is CCCNC(c1cnn(CCC)c1)C(C)(C)N(C)C. The maximum atomic E-state index is 4.47. The standard InChI is InChI=1S/C15H30N4/c1-7-9-16-14(15(3,4)18(5)6)13-11-17-19(12-13)10-8-2/h11-12,14,16H,7-10H2,1-6H3. The Kier molecular flexibility index (Phi) is 6.01. The van der Waals surface area contributed by atoms with Gasteiger partial charge in [0.2, 0.25) is 0 Å². The van der Waals surface area contributed by atoms with Gasteiger partial charge >= 0.3 is 0 Å². The summed E-state index contributed by atoms with van der Waals surface area (Å²) in [5.41, 5.74) is 1.33. The highest BCUT2D eigenvalue weighted by atomic mass is 15.3. The Morgan fingerprint density at radius 2 is 2.00 bits per heavy atom. The zero-order chi connectivity index (χ0) is 14.5. The summed E-state index contributed by atoms with van der Waals surface area (Å²) < 4.78 is 2.04. The molecule has 0 amide bonds. The Morgan fingerprint density at radius 1 is 1.32 bits per heavy atom. The zero-order valence-electron chi connectivity index (χ0n) is 13.4. The largest absolute Gasteiger partial charge is 0.308 e. The van der Waals surface area contributed by atoms with Crippen LogP contribution in [0.4, 0.5) is 0 Å². The molecule has 4 heteroatoms. The van der Waals surface area contributed by atoms with Crippen LogP contribution in [0.3, 0.4) is 0 Å². The first-order valence-electron chi connectivity index (χ1n) is 7.36. The molecule has 0 saturated carbocycles. The number of aryl methyl sites for hydroxylation is 1. The smallest absolute Gasteiger partial charge is 0.0538 e. The Balaban J connectivity index is 2.94. The highest BCUT2D eigenvalue weighted by molar-refractivity contribution is 5.16. The lowest BCUT2D eigenvalue weighted by Gasteiger charge is -2.40. The first-order chi connectivity index (χ1) is 8.93. The fraction of sp³-hybridized carbons (Fsp3) is 0.800. The molecule has 1 aromatic heterocycles. The van der Waals surface area contributed by atoms with Crippen LogP contribution in [0.15, 0.2) is 12.4 Å². The zero-order valence-corrected chi connectivity index (χ0v) is 13.4. The second kappa shape index (κ2) is 7.06. The fourth-order valence-electron chi connectivity index (χ4n) is 2.20. The Morgan fingerprint density at radius 3 is 2.53 bits per heavy atom. The molecule has 0 bridgehead atoms. The van der Waals surface area contributed by atoms with E-state index in [1.807, 2.05) is 10.9 Å². The summed E-state index contributed by atoms with van der Waals surface area (Å²) in [6, 6.07) is 0.299. The van der Waals surface area contributed by atoms with Crippen molar-refractivity contribution in [3.8, 4) is 0 Å². The minimum absolute atomic E-state index is 0.0508. The normalized spacial score (nSPS) is 14.1. The predicted octanol–water partition coefficient (Wildman–Crippen LogP) is 2.67. The average molecular weight is 266 g/mol. The van der Waals surface area contributed by atoms with Crippen molar-refractivity contribution in [2.45, 2.75) is 58.7 Å². The van der Waals surface area contributed by atoms with Crippen molar-refractivity contribution in [1.29, 1.82) is 0 Å². The third-order valence-electron chi connectivity index (χ3n) is 3.90. The molecule has 19 heavy (non-hydrogen) atoms. The summed E-state index contributed by atoms with van der Waals surface area (Å²) in [4.78, 5) is 2.28. The van der Waals surface area contributed by atoms with Crippen molar-refractivity contribution in [1.82, 2.24) is 20.0 Å². The van der Waals surface area contributed by atoms with Gasteiger partial charge in [0.15, 0.2) is 0 Å². The molecule has 1 aromatic rings. The highest BCUT2D eigenvalue weighted by Gasteiger charge is 2.33. The van der Waals surface area contributed by atoms with Crippen LogP contribution in [0.25, 0.3) is 0 Å². The Labute approximate surface area is 118 Å². The molecule has 1 unspecified atom stereocenters. The number of aromatic nitrogens is 2. The first-order valence-corrected chi connectivity index (χ1v) is 7.36. The molecule has 0 aliphatic rings. The monoisotopic (exact) mass is 266 g/mol. The summed E-state index contributed by atoms with van der Waals surface area (Å²) in [6.45, 7) is 10.9. The van der Waals surface area contributed by atoms with Crippen LogP contribution in [-0.2, 0) is 6.54 Å². The molecule has 1 N–H and O–H groups in total. The van der Waals surface area contributed by atoms with Crippen molar-refractivity contribution in [3.05, 3.63) is 18.0 Å². The summed E-state index contributed by atoms with van der Waals surface area (Å²) in [6.07, 6.45) is 6.45. The molecule has 0 aliphatic carbocycles. The summed E-state index contributed by atoms with van der Waals surface area (Å²) in [7, 11) is 4.27. The fourth-order valence-corrected chi connectivity index (χ4v) is 2.20. The quantitative estimate of drug-likeness (QED) is 0.785. The second-order valence-electron chi connectivity index (χ2n) is 5.97. The Hall–Kier alpha value is -0.870. The minimum Gasteiger partial charge on any atom is -0.308 e. The van der Waals surface area contributed by atoms with E-state index in [1.54, 1.807) is 0 Å². The van der Waals surface area contributed by atoms with Gasteiger partial charge in [-0.15, -0.1) is 0 Å². The maximum Gasteiger partial charge on any atom is 0.0538 e. The van der Waals surface area contributed by atoms with Gasteiger partial charge in [-0.05, 0) is 47.3 Å². The lowest BCUT2D eigenvalue weighted by atomic mass is 9.89. The molecule has 110 valence electrons. The van der Waals surface area contributed by atoms with Crippen LogP contribution < -0.4 is 5.32 Å². The van der Waals surface area contributed by atoms with E-state index in [0.717, 1.165) is 25.9 Å². The van der Waals surface area contributed by atoms with Crippen molar-refractivity contribution in [2.75, 3.05) is 20.6 Å². The van der Waals surface area contributed by atoms with Gasteiger partial charge in [-0.2, -0.15) is 5.10 Å². The van der Waals surface area contributed by atoms with Gasteiger partial charge in [-0.25, -0.2) is 0 Å². The molecule has 1 rings (SSSR count). The molecule has 0 aromatic carbocycles. The third-order valence-corrected chi connectivity index (χ3v) is 3.90. The molecule has 0 spiro atoms. The molecular formula is C15H30N4. The minimum atomic E-state index is 0.0508. The molecule has 0 saturated heterocycles. The summed E-state index contributed by atoms with van der Waals surface area (Å²) in [5, 5.41) is 8.13. The summed E-state index contributed by atoms with van der Waals surface area (Å²) in [5.74, 6) is 0. The maximum absolute atomic E-state index is 4.47. The van der Waals surface area contributed by atoms with E-state index >= 15 is 0 Å². The van der Waals surface area contributed by atoms with E-state index in [-0.39, 0.29) is 5.54 Å². The molecule has 0 fully saturated rings. The van der Waals surface area contributed by atoms with Crippen molar-refractivity contribution in [3.63, 3.8) is 0 Å². The van der Waals surface area contributed by atoms with Gasteiger partial charge in [0.1, 0.15) is 0 Å². The third kappa shape index (κ3) is 4.05. The van der Waals surface area contributed by atoms with E-state index in [2.05, 4.69) is 63.3 Å². The van der Waals surface area contributed by atoms with Crippen molar-refractivity contribution in [2.24, 2.45) is 0 Å². The van der Waals surface area contributed by atoms with Gasteiger partial charge in [0.05, 0.1) is 12.2 Å². The number of likely N-dealkylation sites (N-methyl/N-ethyl adjacent to an activating group) is 1. The van der Waals surface area contributed by atoms with Crippen LogP contribution in [0.5, 0.6) is 0 Å². The van der Waals surface area contributed by atoms with E-state index in [9.17, 15) is 0 Å². The lowest BCUT2D eigenvalue weighted by Crippen LogP contribution is -2.49. The number of hydrogen-bond acceptors (Lipinski definition) is 3. The van der Waals surface area contributed by atoms with E-state index < -0.39 is 0 Å². The van der Waals surface area contributed by atoms with E-state index in [0.29, 0.717) is 6.04 Å². The van der Waals surface area contributed by atoms with Gasteiger partial charge in [0.25, 0.3) is 0 Å². The summed E-state index contributed by atoms with van der Waals surface area (Å²) >= 11 is 0.